The van der Waals surface area contributed by atoms with Gasteiger partial charge in [0.1, 0.15) is 0 Å². The average molecular weight is 284 g/mol. The van der Waals surface area contributed by atoms with E-state index in [0.29, 0.717) is 0 Å². The Bertz CT molecular complexity index is 84.6. The van der Waals surface area contributed by atoms with Crippen molar-refractivity contribution in [1.82, 2.24) is 0 Å². The number of halogens is 1. The Hall–Kier alpha value is 1.80. The van der Waals surface area contributed by atoms with Crippen LogP contribution in [0.2, 0.25) is 0 Å². The molecule has 7 heteroatoms. The fraction of sp³-hybridized carbons (Fsp3) is 0. The van der Waals surface area contributed by atoms with Crippen molar-refractivity contribution in [3.8, 4) is 0 Å². The van der Waals surface area contributed by atoms with Crippen LogP contribution in [0.25, 0.3) is 0 Å². The largest absolute Gasteiger partial charge is 2.00 e. The van der Waals surface area contributed by atoms with E-state index in [1.54, 1.807) is 0 Å². The maximum absolute atomic E-state index is 8.93. The Balaban J connectivity index is -0.0000000417. The van der Waals surface area contributed by atoms with Crippen molar-refractivity contribution in [3.63, 3.8) is 0 Å². The Kier molecular flexibility index (Phi) is 31.1. The molecule has 0 fully saturated rings. The van der Waals surface area contributed by atoms with E-state index in [2.05, 4.69) is 0 Å². The van der Waals surface area contributed by atoms with Crippen molar-refractivity contribution in [2.24, 2.45) is 0 Å². The van der Waals surface area contributed by atoms with Gasteiger partial charge in [0.15, 0.2) is 0 Å². The Labute approximate surface area is 120 Å². The van der Waals surface area contributed by atoms with E-state index in [1.165, 1.54) is 0 Å². The van der Waals surface area contributed by atoms with Crippen molar-refractivity contribution in [2.45, 2.75) is 0 Å². The van der Waals surface area contributed by atoms with E-state index in [0.717, 1.165) is 0 Å². The van der Waals surface area contributed by atoms with Gasteiger partial charge in [0.25, 0.3) is 0 Å². The molecule has 0 aliphatic rings. The average Bonchev–Trinajstić information content (AvgIpc) is 1.36. The molecular weight excluding hydrogens is 284 g/mol. The number of carboxylic acid groups (broad SMARTS) is 2. The molecule has 0 aromatic rings. The number of rotatable bonds is 0. The molecule has 0 aromatic heterocycles. The van der Waals surface area contributed by atoms with Crippen LogP contribution in [0.1, 0.15) is 0 Å². The summed E-state index contributed by atoms with van der Waals surface area (Å²) in [6.45, 7) is 0. The van der Waals surface area contributed by atoms with Crippen molar-refractivity contribution < 1.29 is 61.8 Å². The van der Waals surface area contributed by atoms with E-state index >= 15 is 0 Å². The zero-order valence-electron chi connectivity index (χ0n) is 4.72. The molecule has 4 nitrogen and oxygen atoms in total. The summed E-state index contributed by atoms with van der Waals surface area (Å²) in [6, 6.07) is 0. The third kappa shape index (κ3) is 17.7. The summed E-state index contributed by atoms with van der Waals surface area (Å²) in [4.78, 5) is 17.9. The first-order valence-corrected chi connectivity index (χ1v) is 1.07. The summed E-state index contributed by atoms with van der Waals surface area (Å²) in [5.74, 6) is -4.37. The second kappa shape index (κ2) is 12.5. The molecule has 0 bridgehead atoms. The Morgan fingerprint density at radius 1 is 1.00 bits per heavy atom. The van der Waals surface area contributed by atoms with Gasteiger partial charge in [0.05, 0.1) is 11.9 Å². The monoisotopic (exact) mass is 284 g/mol. The first-order chi connectivity index (χ1) is 2.64. The third-order valence-electron chi connectivity index (χ3n) is 0.167. The normalized spacial score (nSPS) is 4.89. The van der Waals surface area contributed by atoms with Gasteiger partial charge in [-0.05, 0) is 0 Å². The Morgan fingerprint density at radius 2 is 1.11 bits per heavy atom. The van der Waals surface area contributed by atoms with Gasteiger partial charge in [-0.15, -0.1) is 0 Å². The predicted octanol–water partition coefficient (Wildman–Crippen LogP) is -9.89. The van der Waals surface area contributed by atoms with E-state index in [4.69, 9.17) is 19.8 Å². The SMILES string of the molecule is O=C([O-])C(=O)[O-].[Ba+2].[Cl-].[Na+]. The van der Waals surface area contributed by atoms with Gasteiger partial charge in [-0.3, -0.25) is 0 Å². The molecule has 0 saturated heterocycles. The predicted molar refractivity (Wildman–Crippen MR) is 15.8 cm³/mol. The minimum atomic E-state index is -2.19. The number of hydrogen-bond acceptors (Lipinski definition) is 4. The van der Waals surface area contributed by atoms with Crippen molar-refractivity contribution in [1.29, 1.82) is 0 Å². The van der Waals surface area contributed by atoms with Crippen LogP contribution in [0.5, 0.6) is 0 Å². The molecule has 0 aliphatic carbocycles. The topological polar surface area (TPSA) is 80.3 Å². The van der Waals surface area contributed by atoms with E-state index < -0.39 is 11.9 Å². The zero-order chi connectivity index (χ0) is 5.15. The molecule has 0 spiro atoms. The molecule has 0 N–H and O–H groups in total. The molecule has 42 valence electrons. The standard InChI is InChI=1S/C2H2O4.Ba.ClH.Na/c3-1(4)2(5)6;;;/h(H,3,4)(H,5,6);;1H;/q;+2;;+1/p-3. The van der Waals surface area contributed by atoms with E-state index in [1.807, 2.05) is 0 Å². The molecule has 0 heterocycles. The van der Waals surface area contributed by atoms with Gasteiger partial charge in [0, 0.05) is 0 Å². The number of carboxylic acids is 2. The maximum Gasteiger partial charge on any atom is 2.00 e. The molecule has 0 unspecified atom stereocenters. The quantitative estimate of drug-likeness (QED) is 0.327. The number of hydrogen-bond donors (Lipinski definition) is 0. The third-order valence-corrected chi connectivity index (χ3v) is 0.167. The minimum Gasteiger partial charge on any atom is -1.00 e. The summed E-state index contributed by atoms with van der Waals surface area (Å²) < 4.78 is 0. The second-order valence-corrected chi connectivity index (χ2v) is 0.575. The number of carbonyl (C=O) groups is 2. The van der Waals surface area contributed by atoms with Crippen molar-refractivity contribution in [3.05, 3.63) is 0 Å². The summed E-state index contributed by atoms with van der Waals surface area (Å²) in [5.41, 5.74) is 0. The number of aliphatic carboxylic acids is 2. The van der Waals surface area contributed by atoms with Crippen LogP contribution in [0, 0.1) is 0 Å². The molecule has 0 amide bonds. The van der Waals surface area contributed by atoms with Gasteiger partial charge >= 0.3 is 78.4 Å². The van der Waals surface area contributed by atoms with Crippen LogP contribution in [-0.4, -0.2) is 60.8 Å². The summed E-state index contributed by atoms with van der Waals surface area (Å²) in [5, 5.41) is 17.9. The molecule has 0 radical (unpaired) electrons. The molecule has 0 saturated carbocycles. The number of carbonyl (C=O) groups excluding carboxylic acids is 2. The van der Waals surface area contributed by atoms with Crippen molar-refractivity contribution in [2.75, 3.05) is 0 Å². The van der Waals surface area contributed by atoms with Crippen molar-refractivity contribution >= 4 is 60.8 Å². The van der Waals surface area contributed by atoms with E-state index in [9.17, 15) is 0 Å². The fourth-order valence-corrected chi connectivity index (χ4v) is 0. The smallest absolute Gasteiger partial charge is 1.00 e. The van der Waals surface area contributed by atoms with E-state index in [-0.39, 0.29) is 90.8 Å². The van der Waals surface area contributed by atoms with Crippen LogP contribution in [0.4, 0.5) is 0 Å². The summed E-state index contributed by atoms with van der Waals surface area (Å²) >= 11 is 0. The molecule has 0 atom stereocenters. The maximum atomic E-state index is 8.93. The first-order valence-electron chi connectivity index (χ1n) is 1.07. The minimum absolute atomic E-state index is 0. The van der Waals surface area contributed by atoms with Crippen LogP contribution >= 0.6 is 0 Å². The van der Waals surface area contributed by atoms with Crippen LogP contribution in [-0.2, 0) is 9.59 Å². The first kappa shape index (κ1) is 22.4. The second-order valence-electron chi connectivity index (χ2n) is 0.575. The van der Waals surface area contributed by atoms with Gasteiger partial charge in [-0.1, -0.05) is 0 Å². The van der Waals surface area contributed by atoms with Crippen LogP contribution < -0.4 is 52.2 Å². The fourth-order valence-electron chi connectivity index (χ4n) is 0. The zero-order valence-corrected chi connectivity index (χ0v) is 11.9. The molecule has 0 aliphatic heterocycles. The summed E-state index contributed by atoms with van der Waals surface area (Å²) in [7, 11) is 0. The van der Waals surface area contributed by atoms with Gasteiger partial charge in [0.2, 0.25) is 0 Å². The summed E-state index contributed by atoms with van der Waals surface area (Å²) in [6.07, 6.45) is 0. The van der Waals surface area contributed by atoms with Gasteiger partial charge in [-0.2, -0.15) is 0 Å². The van der Waals surface area contributed by atoms with Gasteiger partial charge in [-0.25, -0.2) is 0 Å². The molecule has 9 heavy (non-hydrogen) atoms. The molecular formula is C2BaClNaO4. The van der Waals surface area contributed by atoms with Gasteiger partial charge < -0.3 is 32.2 Å². The van der Waals surface area contributed by atoms with Crippen LogP contribution in [0.3, 0.4) is 0 Å². The Morgan fingerprint density at radius 3 is 1.11 bits per heavy atom. The molecule has 0 aromatic carbocycles. The van der Waals surface area contributed by atoms with Crippen LogP contribution in [0.15, 0.2) is 0 Å². The molecule has 0 rings (SSSR count).